The number of aryl methyl sites for hydroxylation is 1. The van der Waals surface area contributed by atoms with E-state index in [0.29, 0.717) is 5.56 Å². The van der Waals surface area contributed by atoms with E-state index in [0.717, 1.165) is 23.3 Å². The van der Waals surface area contributed by atoms with Crippen LogP contribution in [0.15, 0.2) is 18.2 Å². The number of carbonyl (C=O) groups is 1. The fourth-order valence-corrected chi connectivity index (χ4v) is 3.52. The Morgan fingerprint density at radius 1 is 1.48 bits per heavy atom. The minimum atomic E-state index is -0.915. The number of aromatic carboxylic acids is 1. The molecule has 1 N–H and O–H groups in total. The van der Waals surface area contributed by atoms with Gasteiger partial charge >= 0.3 is 5.97 Å². The molecule has 1 fully saturated rings. The van der Waals surface area contributed by atoms with Gasteiger partial charge in [0.1, 0.15) is 5.82 Å². The van der Waals surface area contributed by atoms with Crippen molar-refractivity contribution < 1.29 is 14.6 Å². The van der Waals surface area contributed by atoms with E-state index in [2.05, 4.69) is 23.4 Å². The van der Waals surface area contributed by atoms with E-state index in [-0.39, 0.29) is 17.6 Å². The van der Waals surface area contributed by atoms with Crippen molar-refractivity contribution in [3.8, 4) is 0 Å². The summed E-state index contributed by atoms with van der Waals surface area (Å²) in [6.45, 7) is 6.25. The number of hydrogen-bond acceptors (Lipinski definition) is 3. The van der Waals surface area contributed by atoms with Crippen molar-refractivity contribution in [2.75, 3.05) is 7.11 Å². The normalized spacial score (nSPS) is 24.0. The molecule has 2 aromatic rings. The second-order valence-corrected chi connectivity index (χ2v) is 6.30. The van der Waals surface area contributed by atoms with E-state index in [9.17, 15) is 9.90 Å². The van der Waals surface area contributed by atoms with Crippen LogP contribution in [0.25, 0.3) is 11.0 Å². The summed E-state index contributed by atoms with van der Waals surface area (Å²) in [5.41, 5.74) is 1.72. The molecule has 1 aromatic heterocycles. The molecule has 1 aliphatic rings. The summed E-state index contributed by atoms with van der Waals surface area (Å²) in [5, 5.41) is 9.45. The largest absolute Gasteiger partial charge is 0.478 e. The molecule has 1 heterocycles. The summed E-state index contributed by atoms with van der Waals surface area (Å²) < 4.78 is 7.59. The van der Waals surface area contributed by atoms with Crippen LogP contribution in [-0.2, 0) is 4.74 Å². The molecule has 0 radical (unpaired) electrons. The highest BCUT2D eigenvalue weighted by atomic mass is 16.5. The molecule has 0 amide bonds. The number of carboxylic acids is 1. The third kappa shape index (κ3) is 1.87. The highest BCUT2D eigenvalue weighted by Crippen LogP contribution is 2.52. The van der Waals surface area contributed by atoms with Crippen LogP contribution in [0.3, 0.4) is 0 Å². The maximum absolute atomic E-state index is 11.5. The van der Waals surface area contributed by atoms with E-state index in [1.807, 2.05) is 13.0 Å². The van der Waals surface area contributed by atoms with Crippen molar-refractivity contribution >= 4 is 17.0 Å². The zero-order valence-corrected chi connectivity index (χ0v) is 12.8. The standard InChI is InChI=1S/C16H20N2O3/c1-9-17-11-7-5-6-10(15(19)20)14(11)18(9)12-8-13(21-4)16(12,2)3/h5-7,12-13H,8H2,1-4H3,(H,19,20). The fourth-order valence-electron chi connectivity index (χ4n) is 3.52. The molecule has 3 rings (SSSR count). The Balaban J connectivity index is 2.20. The average molecular weight is 288 g/mol. The summed E-state index contributed by atoms with van der Waals surface area (Å²) in [4.78, 5) is 16.1. The summed E-state index contributed by atoms with van der Waals surface area (Å²) in [6, 6.07) is 5.45. The number of aromatic nitrogens is 2. The maximum atomic E-state index is 11.5. The molecule has 2 unspecified atom stereocenters. The van der Waals surface area contributed by atoms with Crippen molar-refractivity contribution in [3.63, 3.8) is 0 Å². The fraction of sp³-hybridized carbons (Fsp3) is 0.500. The van der Waals surface area contributed by atoms with Crippen molar-refractivity contribution in [1.29, 1.82) is 0 Å². The highest BCUT2D eigenvalue weighted by molar-refractivity contribution is 6.01. The summed E-state index contributed by atoms with van der Waals surface area (Å²) in [6.07, 6.45) is 1.07. The minimum Gasteiger partial charge on any atom is -0.478 e. The Bertz CT molecular complexity index is 718. The molecular formula is C16H20N2O3. The van der Waals surface area contributed by atoms with Gasteiger partial charge in [0.2, 0.25) is 0 Å². The van der Waals surface area contributed by atoms with Crippen LogP contribution in [0.4, 0.5) is 0 Å². The van der Waals surface area contributed by atoms with Gasteiger partial charge in [-0.3, -0.25) is 0 Å². The maximum Gasteiger partial charge on any atom is 0.337 e. The topological polar surface area (TPSA) is 64.4 Å². The Morgan fingerprint density at radius 3 is 2.76 bits per heavy atom. The van der Waals surface area contributed by atoms with Crippen molar-refractivity contribution in [1.82, 2.24) is 9.55 Å². The molecule has 0 spiro atoms. The Kier molecular flexibility index (Phi) is 3.06. The van der Waals surface area contributed by atoms with Gasteiger partial charge in [-0.15, -0.1) is 0 Å². The van der Waals surface area contributed by atoms with Gasteiger partial charge in [-0.2, -0.15) is 0 Å². The van der Waals surface area contributed by atoms with E-state index in [1.165, 1.54) is 0 Å². The first-order chi connectivity index (χ1) is 9.87. The molecule has 2 atom stereocenters. The summed E-state index contributed by atoms with van der Waals surface area (Å²) >= 11 is 0. The Labute approximate surface area is 123 Å². The quantitative estimate of drug-likeness (QED) is 0.943. The number of imidazole rings is 1. The number of nitrogens with zero attached hydrogens (tertiary/aromatic N) is 2. The third-order valence-corrected chi connectivity index (χ3v) is 4.84. The van der Waals surface area contributed by atoms with Crippen LogP contribution in [0.5, 0.6) is 0 Å². The number of para-hydroxylation sites is 1. The molecule has 0 saturated heterocycles. The molecule has 0 aliphatic heterocycles. The van der Waals surface area contributed by atoms with Crippen molar-refractivity contribution in [2.24, 2.45) is 5.41 Å². The first kappa shape index (κ1) is 14.1. The first-order valence-electron chi connectivity index (χ1n) is 7.11. The van der Waals surface area contributed by atoms with Crippen LogP contribution < -0.4 is 0 Å². The first-order valence-corrected chi connectivity index (χ1v) is 7.11. The number of ether oxygens (including phenoxy) is 1. The van der Waals surface area contributed by atoms with Crippen LogP contribution in [0, 0.1) is 12.3 Å². The molecule has 21 heavy (non-hydrogen) atoms. The average Bonchev–Trinajstić information content (AvgIpc) is 2.74. The van der Waals surface area contributed by atoms with Crippen LogP contribution in [0.1, 0.15) is 42.5 Å². The number of rotatable bonds is 3. The van der Waals surface area contributed by atoms with Crippen LogP contribution >= 0.6 is 0 Å². The summed E-state index contributed by atoms with van der Waals surface area (Å²) in [5.74, 6) is -0.0616. The van der Waals surface area contributed by atoms with Gasteiger partial charge in [0.25, 0.3) is 0 Å². The Morgan fingerprint density at radius 2 is 2.19 bits per heavy atom. The lowest BCUT2D eigenvalue weighted by Crippen LogP contribution is -2.51. The molecule has 1 saturated carbocycles. The van der Waals surface area contributed by atoms with E-state index < -0.39 is 5.97 Å². The monoisotopic (exact) mass is 288 g/mol. The lowest BCUT2D eigenvalue weighted by Gasteiger charge is -2.52. The zero-order valence-electron chi connectivity index (χ0n) is 12.8. The van der Waals surface area contributed by atoms with E-state index in [4.69, 9.17) is 4.74 Å². The Hall–Kier alpha value is -1.88. The molecule has 5 heteroatoms. The van der Waals surface area contributed by atoms with Gasteiger partial charge in [0.15, 0.2) is 0 Å². The molecule has 0 bridgehead atoms. The minimum absolute atomic E-state index is 0.0429. The van der Waals surface area contributed by atoms with Gasteiger partial charge in [-0.1, -0.05) is 19.9 Å². The molecule has 5 nitrogen and oxygen atoms in total. The highest BCUT2D eigenvalue weighted by Gasteiger charge is 2.50. The molecule has 1 aromatic carbocycles. The molecular weight excluding hydrogens is 268 g/mol. The van der Waals surface area contributed by atoms with Gasteiger partial charge in [-0.05, 0) is 25.5 Å². The lowest BCUT2D eigenvalue weighted by molar-refractivity contribution is -0.112. The van der Waals surface area contributed by atoms with Gasteiger partial charge < -0.3 is 14.4 Å². The van der Waals surface area contributed by atoms with Crippen molar-refractivity contribution in [2.45, 2.75) is 39.3 Å². The second-order valence-electron chi connectivity index (χ2n) is 6.30. The third-order valence-electron chi connectivity index (χ3n) is 4.84. The molecule has 1 aliphatic carbocycles. The van der Waals surface area contributed by atoms with Crippen molar-refractivity contribution in [3.05, 3.63) is 29.6 Å². The smallest absolute Gasteiger partial charge is 0.337 e. The van der Waals surface area contributed by atoms with Gasteiger partial charge in [0.05, 0.1) is 22.7 Å². The van der Waals surface area contributed by atoms with Gasteiger partial charge in [0, 0.05) is 18.6 Å². The predicted molar refractivity (Wildman–Crippen MR) is 79.7 cm³/mol. The number of fused-ring (bicyclic) bond motifs is 1. The lowest BCUT2D eigenvalue weighted by atomic mass is 9.64. The predicted octanol–water partition coefficient (Wildman–Crippen LogP) is 3.03. The van der Waals surface area contributed by atoms with Gasteiger partial charge in [-0.25, -0.2) is 9.78 Å². The van der Waals surface area contributed by atoms with Crippen LogP contribution in [-0.4, -0.2) is 33.8 Å². The number of carboxylic acid groups (broad SMARTS) is 1. The van der Waals surface area contributed by atoms with E-state index in [1.54, 1.807) is 19.2 Å². The second kappa shape index (κ2) is 4.56. The number of benzene rings is 1. The SMILES string of the molecule is COC1CC(n2c(C)nc3cccc(C(=O)O)c32)C1(C)C. The number of hydrogen-bond donors (Lipinski definition) is 1. The van der Waals surface area contributed by atoms with E-state index >= 15 is 0 Å². The summed E-state index contributed by atoms with van der Waals surface area (Å²) in [7, 11) is 1.73. The van der Waals surface area contributed by atoms with Crippen LogP contribution in [0.2, 0.25) is 0 Å². The number of methoxy groups -OCH3 is 1. The zero-order chi connectivity index (χ0) is 15.4. The molecule has 112 valence electrons.